The van der Waals surface area contributed by atoms with Crippen molar-refractivity contribution in [1.29, 1.82) is 0 Å². The Labute approximate surface area is 192 Å². The van der Waals surface area contributed by atoms with Crippen LogP contribution in [0.2, 0.25) is 0 Å². The molecule has 6 nitrogen and oxygen atoms in total. The number of methoxy groups -OCH3 is 3. The van der Waals surface area contributed by atoms with Gasteiger partial charge in [0.1, 0.15) is 0 Å². The molecule has 0 bridgehead atoms. The SMILES string of the molecule is COc1cc(C(=O)NC[C@H](c2ccsc2)N2CCc3ccccc3C2)cc(OC)c1OC. The molecule has 7 heteroatoms. The summed E-state index contributed by atoms with van der Waals surface area (Å²) in [6, 6.07) is 14.2. The van der Waals surface area contributed by atoms with E-state index in [0.29, 0.717) is 29.4 Å². The Bertz CT molecular complexity index is 1040. The van der Waals surface area contributed by atoms with Crippen molar-refractivity contribution in [3.8, 4) is 17.2 Å². The lowest BCUT2D eigenvalue weighted by Gasteiger charge is -2.35. The van der Waals surface area contributed by atoms with Crippen LogP contribution in [0.25, 0.3) is 0 Å². The molecule has 0 spiro atoms. The van der Waals surface area contributed by atoms with E-state index in [1.165, 1.54) is 16.7 Å². The fourth-order valence-electron chi connectivity index (χ4n) is 4.21. The van der Waals surface area contributed by atoms with Gasteiger partial charge in [0.05, 0.1) is 27.4 Å². The van der Waals surface area contributed by atoms with E-state index < -0.39 is 0 Å². The van der Waals surface area contributed by atoms with Gasteiger partial charge in [0.25, 0.3) is 5.91 Å². The van der Waals surface area contributed by atoms with E-state index in [4.69, 9.17) is 14.2 Å². The topological polar surface area (TPSA) is 60.0 Å². The predicted octanol–water partition coefficient (Wildman–Crippen LogP) is 4.30. The first-order chi connectivity index (χ1) is 15.6. The normalized spacial score (nSPS) is 14.3. The number of nitrogens with one attached hydrogen (secondary N) is 1. The molecule has 1 atom stereocenters. The molecule has 168 valence electrons. The van der Waals surface area contributed by atoms with Gasteiger partial charge in [-0.3, -0.25) is 9.69 Å². The summed E-state index contributed by atoms with van der Waals surface area (Å²) in [6.07, 6.45) is 1.01. The molecule has 1 amide bonds. The zero-order valence-electron chi connectivity index (χ0n) is 18.6. The molecule has 4 rings (SSSR count). The van der Waals surface area contributed by atoms with Gasteiger partial charge in [-0.05, 0) is 52.1 Å². The van der Waals surface area contributed by atoms with Gasteiger partial charge in [-0.2, -0.15) is 11.3 Å². The fourth-order valence-corrected chi connectivity index (χ4v) is 4.92. The van der Waals surface area contributed by atoms with Crippen molar-refractivity contribution in [2.24, 2.45) is 0 Å². The molecule has 1 aliphatic heterocycles. The third-order valence-electron chi connectivity index (χ3n) is 5.91. The molecule has 0 fully saturated rings. The average Bonchev–Trinajstić information content (AvgIpc) is 3.37. The summed E-state index contributed by atoms with van der Waals surface area (Å²) >= 11 is 1.68. The summed E-state index contributed by atoms with van der Waals surface area (Å²) < 4.78 is 16.1. The Kier molecular flexibility index (Phi) is 6.97. The highest BCUT2D eigenvalue weighted by Crippen LogP contribution is 2.38. The number of thiophene rings is 1. The fraction of sp³-hybridized carbons (Fsp3) is 0.320. The van der Waals surface area contributed by atoms with Crippen LogP contribution in [-0.2, 0) is 13.0 Å². The highest BCUT2D eigenvalue weighted by molar-refractivity contribution is 7.08. The molecule has 3 aromatic rings. The van der Waals surface area contributed by atoms with E-state index in [1.807, 2.05) is 0 Å². The van der Waals surface area contributed by atoms with Gasteiger partial charge in [0.2, 0.25) is 5.75 Å². The molecule has 0 saturated carbocycles. The number of ether oxygens (including phenoxy) is 3. The lowest BCUT2D eigenvalue weighted by molar-refractivity contribution is 0.0927. The maximum absolute atomic E-state index is 13.1. The molecule has 0 radical (unpaired) electrons. The number of fused-ring (bicyclic) bond motifs is 1. The second kappa shape index (κ2) is 10.1. The Morgan fingerprint density at radius 2 is 1.78 bits per heavy atom. The van der Waals surface area contributed by atoms with E-state index in [0.717, 1.165) is 19.5 Å². The first kappa shape index (κ1) is 22.2. The van der Waals surface area contributed by atoms with Gasteiger partial charge in [0.15, 0.2) is 11.5 Å². The third kappa shape index (κ3) is 4.59. The monoisotopic (exact) mass is 452 g/mol. The number of hydrogen-bond donors (Lipinski definition) is 1. The zero-order valence-corrected chi connectivity index (χ0v) is 19.4. The number of amides is 1. The van der Waals surface area contributed by atoms with Gasteiger partial charge in [-0.1, -0.05) is 24.3 Å². The zero-order chi connectivity index (χ0) is 22.5. The van der Waals surface area contributed by atoms with Crippen molar-refractivity contribution >= 4 is 17.2 Å². The van der Waals surface area contributed by atoms with Crippen LogP contribution in [0.3, 0.4) is 0 Å². The summed E-state index contributed by atoms with van der Waals surface area (Å²) in [6.45, 7) is 2.34. The molecule has 1 aliphatic rings. The second-order valence-corrected chi connectivity index (χ2v) is 8.47. The van der Waals surface area contributed by atoms with Crippen LogP contribution >= 0.6 is 11.3 Å². The van der Waals surface area contributed by atoms with Crippen LogP contribution in [0, 0.1) is 0 Å². The van der Waals surface area contributed by atoms with E-state index in [-0.39, 0.29) is 11.9 Å². The van der Waals surface area contributed by atoms with Gasteiger partial charge < -0.3 is 19.5 Å². The first-order valence-electron chi connectivity index (χ1n) is 10.6. The van der Waals surface area contributed by atoms with E-state index in [2.05, 4.69) is 51.3 Å². The summed E-state index contributed by atoms with van der Waals surface area (Å²) in [5, 5.41) is 7.37. The summed E-state index contributed by atoms with van der Waals surface area (Å²) in [5.41, 5.74) is 4.45. The largest absolute Gasteiger partial charge is 0.493 e. The molecule has 2 aromatic carbocycles. The van der Waals surface area contributed by atoms with Crippen LogP contribution in [-0.4, -0.2) is 45.2 Å². The van der Waals surface area contributed by atoms with E-state index in [9.17, 15) is 4.79 Å². The van der Waals surface area contributed by atoms with Crippen LogP contribution in [0.15, 0.2) is 53.2 Å². The summed E-state index contributed by atoms with van der Waals surface area (Å²) in [5.74, 6) is 1.20. The van der Waals surface area contributed by atoms with Crippen molar-refractivity contribution < 1.29 is 19.0 Å². The number of nitrogens with zero attached hydrogens (tertiary/aromatic N) is 1. The summed E-state index contributed by atoms with van der Waals surface area (Å²) in [7, 11) is 4.63. The van der Waals surface area contributed by atoms with E-state index in [1.54, 1.807) is 44.8 Å². The molecule has 2 heterocycles. The molecule has 0 unspecified atom stereocenters. The minimum atomic E-state index is -0.179. The van der Waals surface area contributed by atoms with Crippen LogP contribution < -0.4 is 19.5 Å². The number of hydrogen-bond acceptors (Lipinski definition) is 6. The minimum absolute atomic E-state index is 0.0978. The maximum Gasteiger partial charge on any atom is 0.251 e. The van der Waals surface area contributed by atoms with Crippen LogP contribution in [0.1, 0.15) is 33.1 Å². The standard InChI is InChI=1S/C25H28N2O4S/c1-29-22-12-20(13-23(30-2)24(22)31-3)25(28)26-14-21(19-9-11-32-16-19)27-10-8-17-6-4-5-7-18(17)15-27/h4-7,9,11-13,16,21H,8,10,14-15H2,1-3H3,(H,26,28)/t21-/m1/s1. The molecule has 32 heavy (non-hydrogen) atoms. The van der Waals surface area contributed by atoms with Crippen LogP contribution in [0.4, 0.5) is 0 Å². The van der Waals surface area contributed by atoms with Gasteiger partial charge in [-0.15, -0.1) is 0 Å². The Balaban J connectivity index is 1.53. The van der Waals surface area contributed by atoms with Crippen molar-refractivity contribution in [2.75, 3.05) is 34.4 Å². The van der Waals surface area contributed by atoms with Gasteiger partial charge >= 0.3 is 0 Å². The second-order valence-electron chi connectivity index (χ2n) is 7.69. The van der Waals surface area contributed by atoms with Gasteiger partial charge in [-0.25, -0.2) is 0 Å². The minimum Gasteiger partial charge on any atom is -0.493 e. The number of benzene rings is 2. The van der Waals surface area contributed by atoms with Crippen molar-refractivity contribution in [3.63, 3.8) is 0 Å². The van der Waals surface area contributed by atoms with Crippen molar-refractivity contribution in [3.05, 3.63) is 75.5 Å². The first-order valence-corrected chi connectivity index (χ1v) is 11.5. The lowest BCUT2D eigenvalue weighted by Crippen LogP contribution is -2.40. The third-order valence-corrected chi connectivity index (χ3v) is 6.61. The number of carbonyl (C=O) groups excluding carboxylic acids is 1. The Morgan fingerprint density at radius 3 is 2.41 bits per heavy atom. The molecule has 1 N–H and O–H groups in total. The molecular formula is C25H28N2O4S. The maximum atomic E-state index is 13.1. The Hall–Kier alpha value is -3.03. The Morgan fingerprint density at radius 1 is 1.06 bits per heavy atom. The summed E-state index contributed by atoms with van der Waals surface area (Å²) in [4.78, 5) is 15.5. The molecule has 1 aromatic heterocycles. The quantitative estimate of drug-likeness (QED) is 0.552. The number of carbonyl (C=O) groups is 1. The van der Waals surface area contributed by atoms with Crippen LogP contribution in [0.5, 0.6) is 17.2 Å². The number of rotatable bonds is 8. The van der Waals surface area contributed by atoms with Crippen molar-refractivity contribution in [2.45, 2.75) is 19.0 Å². The highest BCUT2D eigenvalue weighted by Gasteiger charge is 2.26. The predicted molar refractivity (Wildman–Crippen MR) is 126 cm³/mol. The van der Waals surface area contributed by atoms with E-state index >= 15 is 0 Å². The molecule has 0 aliphatic carbocycles. The average molecular weight is 453 g/mol. The molecular weight excluding hydrogens is 424 g/mol. The van der Waals surface area contributed by atoms with Gasteiger partial charge in [0, 0.05) is 25.2 Å². The lowest BCUT2D eigenvalue weighted by atomic mass is 9.97. The van der Waals surface area contributed by atoms with Crippen molar-refractivity contribution in [1.82, 2.24) is 10.2 Å². The highest BCUT2D eigenvalue weighted by atomic mass is 32.1. The smallest absolute Gasteiger partial charge is 0.251 e. The molecule has 0 saturated heterocycles.